The molecule has 3 rings (SSSR count). The molecule has 3 heteroatoms. The number of allylic oxidation sites excluding steroid dienone is 1. The van der Waals surface area contributed by atoms with Gasteiger partial charge in [-0.25, -0.2) is 0 Å². The summed E-state index contributed by atoms with van der Waals surface area (Å²) in [5.74, 6) is 0.0469. The van der Waals surface area contributed by atoms with Gasteiger partial charge in [0, 0.05) is 24.0 Å². The third-order valence-corrected chi connectivity index (χ3v) is 5.26. The van der Waals surface area contributed by atoms with Gasteiger partial charge >= 0.3 is 0 Å². The van der Waals surface area contributed by atoms with Crippen LogP contribution in [0.15, 0.2) is 36.4 Å². The topological polar surface area (TPSA) is 34.0 Å². The molecule has 1 aromatic carbocycles. The molecule has 1 aliphatic rings. The number of benzene rings is 1. The molecule has 26 heavy (non-hydrogen) atoms. The Balaban J connectivity index is 1.65. The highest BCUT2D eigenvalue weighted by Gasteiger charge is 2.28. The van der Waals surface area contributed by atoms with Crippen molar-refractivity contribution in [3.63, 3.8) is 0 Å². The van der Waals surface area contributed by atoms with Crippen molar-refractivity contribution in [1.29, 1.82) is 0 Å². The molecule has 1 aliphatic carbocycles. The summed E-state index contributed by atoms with van der Waals surface area (Å²) in [4.78, 5) is 12.7. The lowest BCUT2D eigenvalue weighted by Crippen LogP contribution is -2.25. The minimum Gasteiger partial charge on any atom is -0.352 e. The number of nitrogens with zero attached hydrogens (tertiary/aromatic N) is 1. The van der Waals surface area contributed by atoms with E-state index in [1.165, 1.54) is 35.2 Å². The highest BCUT2D eigenvalue weighted by Crippen LogP contribution is 2.38. The molecule has 0 saturated heterocycles. The maximum atomic E-state index is 12.7. The predicted octanol–water partition coefficient (Wildman–Crippen LogP) is 5.36. The van der Waals surface area contributed by atoms with Gasteiger partial charge in [0.2, 0.25) is 0 Å². The molecule has 1 heterocycles. The summed E-state index contributed by atoms with van der Waals surface area (Å²) in [5, 5.41) is 3.12. The van der Waals surface area contributed by atoms with Crippen LogP contribution in [0.4, 0.5) is 0 Å². The Hall–Kier alpha value is -2.29. The Morgan fingerprint density at radius 3 is 2.58 bits per heavy atom. The molecule has 138 valence electrons. The molecule has 0 radical (unpaired) electrons. The summed E-state index contributed by atoms with van der Waals surface area (Å²) < 4.78 is 2.32. The van der Waals surface area contributed by atoms with Crippen LogP contribution in [0.2, 0.25) is 0 Å². The van der Waals surface area contributed by atoms with Gasteiger partial charge in [0.25, 0.3) is 5.91 Å². The van der Waals surface area contributed by atoms with Gasteiger partial charge < -0.3 is 9.88 Å². The van der Waals surface area contributed by atoms with Gasteiger partial charge in [0.05, 0.1) is 5.56 Å². The molecule has 0 aliphatic heterocycles. The van der Waals surface area contributed by atoms with Crippen molar-refractivity contribution in [3.8, 4) is 0 Å². The number of aryl methyl sites for hydroxylation is 2. The molecule has 3 nitrogen and oxygen atoms in total. The molecule has 1 N–H and O–H groups in total. The van der Waals surface area contributed by atoms with Gasteiger partial charge in [0.15, 0.2) is 0 Å². The largest absolute Gasteiger partial charge is 0.352 e. The quantitative estimate of drug-likeness (QED) is 0.716. The maximum absolute atomic E-state index is 12.7. The summed E-state index contributed by atoms with van der Waals surface area (Å²) in [6.45, 7) is 9.12. The van der Waals surface area contributed by atoms with Crippen LogP contribution >= 0.6 is 0 Å². The van der Waals surface area contributed by atoms with Gasteiger partial charge in [-0.3, -0.25) is 4.79 Å². The Morgan fingerprint density at radius 1 is 1.19 bits per heavy atom. The van der Waals surface area contributed by atoms with Crippen molar-refractivity contribution in [2.45, 2.75) is 59.4 Å². The van der Waals surface area contributed by atoms with E-state index in [1.54, 1.807) is 0 Å². The van der Waals surface area contributed by atoms with E-state index in [0.717, 1.165) is 24.1 Å². The van der Waals surface area contributed by atoms with E-state index in [9.17, 15) is 4.79 Å². The number of amides is 1. The van der Waals surface area contributed by atoms with Gasteiger partial charge in [0.1, 0.15) is 0 Å². The van der Waals surface area contributed by atoms with Crippen LogP contribution < -0.4 is 5.32 Å². The molecular weight excluding hydrogens is 320 g/mol. The summed E-state index contributed by atoms with van der Waals surface area (Å²) >= 11 is 0. The first-order valence-corrected chi connectivity index (χ1v) is 9.74. The van der Waals surface area contributed by atoms with Gasteiger partial charge in [-0.15, -0.1) is 0 Å². The zero-order chi connectivity index (χ0) is 18.7. The SMILES string of the molecule is CC/C=C(/CCNC(=O)c1cc(C)n(C2CC2)c1C)c1ccccc1C. The van der Waals surface area contributed by atoms with E-state index in [2.05, 4.69) is 67.9 Å². The molecule has 1 aromatic heterocycles. The number of aromatic nitrogens is 1. The van der Waals surface area contributed by atoms with Crippen molar-refractivity contribution in [2.75, 3.05) is 6.54 Å². The number of hydrogen-bond donors (Lipinski definition) is 1. The van der Waals surface area contributed by atoms with Gasteiger partial charge in [-0.2, -0.15) is 0 Å². The normalized spacial score (nSPS) is 14.5. The molecule has 1 fully saturated rings. The first-order chi connectivity index (χ1) is 12.5. The Bertz CT molecular complexity index is 825. The van der Waals surface area contributed by atoms with E-state index in [0.29, 0.717) is 12.6 Å². The lowest BCUT2D eigenvalue weighted by molar-refractivity contribution is 0.0954. The van der Waals surface area contributed by atoms with Crippen LogP contribution in [0.1, 0.15) is 71.5 Å². The number of rotatable bonds is 7. The molecule has 1 saturated carbocycles. The van der Waals surface area contributed by atoms with E-state index in [1.807, 2.05) is 6.07 Å². The second-order valence-corrected chi connectivity index (χ2v) is 7.34. The van der Waals surface area contributed by atoms with Crippen molar-refractivity contribution < 1.29 is 4.79 Å². The summed E-state index contributed by atoms with van der Waals surface area (Å²) in [7, 11) is 0. The number of carbonyl (C=O) groups excluding carboxylic acids is 1. The number of hydrogen-bond acceptors (Lipinski definition) is 1. The molecule has 0 spiro atoms. The number of nitrogens with one attached hydrogen (secondary N) is 1. The Kier molecular flexibility index (Phi) is 5.65. The maximum Gasteiger partial charge on any atom is 0.253 e. The average Bonchev–Trinajstić information content (AvgIpc) is 3.39. The summed E-state index contributed by atoms with van der Waals surface area (Å²) in [6, 6.07) is 11.1. The van der Waals surface area contributed by atoms with Crippen LogP contribution in [0.25, 0.3) is 5.57 Å². The van der Waals surface area contributed by atoms with E-state index < -0.39 is 0 Å². The second-order valence-electron chi connectivity index (χ2n) is 7.34. The lowest BCUT2D eigenvalue weighted by Gasteiger charge is -2.12. The van der Waals surface area contributed by atoms with E-state index >= 15 is 0 Å². The second kappa shape index (κ2) is 7.94. The summed E-state index contributed by atoms with van der Waals surface area (Å²) in [5.41, 5.74) is 7.01. The molecule has 2 aromatic rings. The van der Waals surface area contributed by atoms with Crippen LogP contribution in [0, 0.1) is 20.8 Å². The molecule has 1 amide bonds. The van der Waals surface area contributed by atoms with Crippen LogP contribution in [-0.2, 0) is 0 Å². The van der Waals surface area contributed by atoms with Crippen molar-refractivity contribution in [3.05, 3.63) is 64.5 Å². The Morgan fingerprint density at radius 2 is 1.92 bits per heavy atom. The van der Waals surface area contributed by atoms with Crippen molar-refractivity contribution in [2.24, 2.45) is 0 Å². The smallest absolute Gasteiger partial charge is 0.253 e. The fourth-order valence-electron chi connectivity index (χ4n) is 3.83. The zero-order valence-corrected chi connectivity index (χ0v) is 16.4. The zero-order valence-electron chi connectivity index (χ0n) is 16.4. The lowest BCUT2D eigenvalue weighted by atomic mass is 9.97. The van der Waals surface area contributed by atoms with Crippen molar-refractivity contribution in [1.82, 2.24) is 9.88 Å². The highest BCUT2D eigenvalue weighted by molar-refractivity contribution is 5.95. The molecule has 0 bridgehead atoms. The molecular formula is C23H30N2O. The first-order valence-electron chi connectivity index (χ1n) is 9.74. The highest BCUT2D eigenvalue weighted by atomic mass is 16.1. The third-order valence-electron chi connectivity index (χ3n) is 5.26. The van der Waals surface area contributed by atoms with Gasteiger partial charge in [-0.05, 0) is 69.2 Å². The van der Waals surface area contributed by atoms with Crippen LogP contribution in [0.5, 0.6) is 0 Å². The third kappa shape index (κ3) is 3.92. The van der Waals surface area contributed by atoms with Crippen molar-refractivity contribution >= 4 is 11.5 Å². The molecule has 0 atom stereocenters. The average molecular weight is 351 g/mol. The summed E-state index contributed by atoms with van der Waals surface area (Å²) in [6.07, 6.45) is 6.59. The Labute approximate surface area is 157 Å². The fourth-order valence-corrected chi connectivity index (χ4v) is 3.83. The predicted molar refractivity (Wildman–Crippen MR) is 109 cm³/mol. The van der Waals surface area contributed by atoms with Gasteiger partial charge in [-0.1, -0.05) is 37.3 Å². The first kappa shape index (κ1) is 18.5. The molecule has 0 unspecified atom stereocenters. The minimum absolute atomic E-state index is 0.0469. The minimum atomic E-state index is 0.0469. The van der Waals surface area contributed by atoms with Crippen LogP contribution in [-0.4, -0.2) is 17.0 Å². The van der Waals surface area contributed by atoms with Crippen LogP contribution in [0.3, 0.4) is 0 Å². The standard InChI is InChI=1S/C23H30N2O/c1-5-8-19(21-10-7-6-9-16(21)2)13-14-24-23(26)22-15-17(3)25(18(22)4)20-11-12-20/h6-10,15,20H,5,11-14H2,1-4H3,(H,24,26)/b19-8-. The monoisotopic (exact) mass is 350 g/mol. The van der Waals surface area contributed by atoms with E-state index in [-0.39, 0.29) is 5.91 Å². The fraction of sp³-hybridized carbons (Fsp3) is 0.435. The van der Waals surface area contributed by atoms with E-state index in [4.69, 9.17) is 0 Å². The number of carbonyl (C=O) groups is 1.